The summed E-state index contributed by atoms with van der Waals surface area (Å²) in [5.41, 5.74) is 7.04. The predicted octanol–water partition coefficient (Wildman–Crippen LogP) is 1.34. The van der Waals surface area contributed by atoms with E-state index in [9.17, 15) is 4.79 Å². The quantitative estimate of drug-likeness (QED) is 0.771. The summed E-state index contributed by atoms with van der Waals surface area (Å²) in [6.45, 7) is 0.498. The number of pyridine rings is 1. The van der Waals surface area contributed by atoms with Crippen molar-refractivity contribution in [2.24, 2.45) is 0 Å². The van der Waals surface area contributed by atoms with Gasteiger partial charge >= 0.3 is 0 Å². The van der Waals surface area contributed by atoms with Crippen molar-refractivity contribution in [2.75, 3.05) is 12.3 Å². The molecular formula is C14H15N3O2. The van der Waals surface area contributed by atoms with E-state index in [4.69, 9.17) is 10.8 Å². The molecule has 19 heavy (non-hydrogen) atoms. The number of hydrogen-bond acceptors (Lipinski definition) is 4. The molecule has 5 heteroatoms. The van der Waals surface area contributed by atoms with Crippen molar-refractivity contribution in [1.82, 2.24) is 10.3 Å². The first-order valence-electron chi connectivity index (χ1n) is 5.93. The molecule has 0 aliphatic carbocycles. The third kappa shape index (κ3) is 3.45. The van der Waals surface area contributed by atoms with Crippen molar-refractivity contribution >= 4 is 11.7 Å². The molecule has 1 heterocycles. The second kappa shape index (κ2) is 5.86. The number of carbonyl (C=O) groups is 1. The van der Waals surface area contributed by atoms with Gasteiger partial charge in [0.15, 0.2) is 0 Å². The van der Waals surface area contributed by atoms with Gasteiger partial charge in [0.2, 0.25) is 0 Å². The molecule has 0 bridgehead atoms. The van der Waals surface area contributed by atoms with Crippen LogP contribution in [-0.2, 0) is 6.42 Å². The van der Waals surface area contributed by atoms with Crippen LogP contribution >= 0.6 is 0 Å². The van der Waals surface area contributed by atoms with Gasteiger partial charge < -0.3 is 16.2 Å². The lowest BCUT2D eigenvalue weighted by Crippen LogP contribution is -2.26. The van der Waals surface area contributed by atoms with E-state index in [-0.39, 0.29) is 17.5 Å². The van der Waals surface area contributed by atoms with E-state index < -0.39 is 0 Å². The van der Waals surface area contributed by atoms with E-state index in [0.717, 1.165) is 5.56 Å². The highest BCUT2D eigenvalue weighted by atomic mass is 16.3. The minimum atomic E-state index is -0.232. The zero-order valence-corrected chi connectivity index (χ0v) is 10.3. The van der Waals surface area contributed by atoms with Gasteiger partial charge in [0.05, 0.1) is 5.56 Å². The average Bonchev–Trinajstić information content (AvgIpc) is 2.41. The Morgan fingerprint density at radius 3 is 2.68 bits per heavy atom. The zero-order valence-electron chi connectivity index (χ0n) is 10.3. The number of carbonyl (C=O) groups excluding carboxylic acids is 1. The third-order valence-electron chi connectivity index (χ3n) is 2.72. The maximum absolute atomic E-state index is 11.8. The maximum Gasteiger partial charge on any atom is 0.255 e. The highest BCUT2D eigenvalue weighted by Crippen LogP contribution is 2.10. The van der Waals surface area contributed by atoms with Crippen LogP contribution in [0.3, 0.4) is 0 Å². The number of rotatable bonds is 4. The van der Waals surface area contributed by atoms with Gasteiger partial charge in [-0.3, -0.25) is 4.79 Å². The Balaban J connectivity index is 1.88. The van der Waals surface area contributed by atoms with Crippen molar-refractivity contribution in [3.8, 4) is 5.75 Å². The summed E-state index contributed by atoms with van der Waals surface area (Å²) in [6.07, 6.45) is 2.23. The summed E-state index contributed by atoms with van der Waals surface area (Å²) in [7, 11) is 0. The molecule has 0 atom stereocenters. The highest BCUT2D eigenvalue weighted by molar-refractivity contribution is 5.98. The monoisotopic (exact) mass is 257 g/mol. The van der Waals surface area contributed by atoms with E-state index in [0.29, 0.717) is 18.5 Å². The summed E-state index contributed by atoms with van der Waals surface area (Å²) in [5.74, 6) is 0.227. The molecule has 1 aromatic carbocycles. The van der Waals surface area contributed by atoms with Crippen LogP contribution in [0.2, 0.25) is 0 Å². The molecule has 98 valence electrons. The Morgan fingerprint density at radius 1 is 1.26 bits per heavy atom. The SMILES string of the molecule is Nc1ncccc1C(=O)NCCc1ccc(O)cc1. The summed E-state index contributed by atoms with van der Waals surface area (Å²) < 4.78 is 0. The molecule has 0 saturated carbocycles. The molecule has 0 spiro atoms. The maximum atomic E-state index is 11.8. The van der Waals surface area contributed by atoms with E-state index in [1.165, 1.54) is 0 Å². The first-order chi connectivity index (χ1) is 9.16. The van der Waals surface area contributed by atoms with Gasteiger partial charge in [-0.05, 0) is 36.2 Å². The van der Waals surface area contributed by atoms with Gasteiger partial charge in [-0.1, -0.05) is 12.1 Å². The first kappa shape index (κ1) is 12.9. The molecule has 2 aromatic rings. The predicted molar refractivity (Wildman–Crippen MR) is 72.8 cm³/mol. The molecule has 0 radical (unpaired) electrons. The largest absolute Gasteiger partial charge is 0.508 e. The fourth-order valence-electron chi connectivity index (χ4n) is 1.69. The number of nitrogen functional groups attached to an aromatic ring is 1. The second-order valence-electron chi connectivity index (χ2n) is 4.11. The Hall–Kier alpha value is -2.56. The van der Waals surface area contributed by atoms with Crippen molar-refractivity contribution in [2.45, 2.75) is 6.42 Å². The molecule has 0 aliphatic heterocycles. The van der Waals surface area contributed by atoms with Gasteiger partial charge in [0.25, 0.3) is 5.91 Å². The average molecular weight is 257 g/mol. The van der Waals surface area contributed by atoms with E-state index in [1.807, 2.05) is 12.1 Å². The second-order valence-corrected chi connectivity index (χ2v) is 4.11. The summed E-state index contributed by atoms with van der Waals surface area (Å²) in [4.78, 5) is 15.7. The van der Waals surface area contributed by atoms with Crippen molar-refractivity contribution in [3.05, 3.63) is 53.7 Å². The number of amides is 1. The Labute approximate surface area is 111 Å². The molecule has 0 saturated heterocycles. The number of nitrogens with two attached hydrogens (primary N) is 1. The first-order valence-corrected chi connectivity index (χ1v) is 5.93. The highest BCUT2D eigenvalue weighted by Gasteiger charge is 2.08. The van der Waals surface area contributed by atoms with Crippen LogP contribution in [0.4, 0.5) is 5.82 Å². The third-order valence-corrected chi connectivity index (χ3v) is 2.72. The molecule has 0 aliphatic rings. The summed E-state index contributed by atoms with van der Waals surface area (Å²) >= 11 is 0. The molecule has 0 unspecified atom stereocenters. The van der Waals surface area contributed by atoms with Crippen LogP contribution < -0.4 is 11.1 Å². The van der Waals surface area contributed by atoms with Gasteiger partial charge in [-0.2, -0.15) is 0 Å². The number of benzene rings is 1. The van der Waals surface area contributed by atoms with E-state index in [1.54, 1.807) is 30.5 Å². The van der Waals surface area contributed by atoms with Crippen LogP contribution in [0.1, 0.15) is 15.9 Å². The molecule has 4 N–H and O–H groups in total. The van der Waals surface area contributed by atoms with Crippen LogP contribution in [0.25, 0.3) is 0 Å². The topological polar surface area (TPSA) is 88.2 Å². The lowest BCUT2D eigenvalue weighted by atomic mass is 10.1. The van der Waals surface area contributed by atoms with E-state index >= 15 is 0 Å². The molecule has 1 aromatic heterocycles. The fourth-order valence-corrected chi connectivity index (χ4v) is 1.69. The minimum absolute atomic E-state index is 0.227. The van der Waals surface area contributed by atoms with Crippen LogP contribution in [0.15, 0.2) is 42.6 Å². The van der Waals surface area contributed by atoms with Crippen LogP contribution in [0.5, 0.6) is 5.75 Å². The molecule has 5 nitrogen and oxygen atoms in total. The molecule has 0 fully saturated rings. The molecular weight excluding hydrogens is 242 g/mol. The number of phenolic OH excluding ortho intramolecular Hbond substituents is 1. The van der Waals surface area contributed by atoms with Crippen molar-refractivity contribution in [3.63, 3.8) is 0 Å². The Morgan fingerprint density at radius 2 is 2.00 bits per heavy atom. The summed E-state index contributed by atoms with van der Waals surface area (Å²) in [6, 6.07) is 10.2. The number of nitrogens with zero attached hydrogens (tertiary/aromatic N) is 1. The van der Waals surface area contributed by atoms with E-state index in [2.05, 4.69) is 10.3 Å². The number of anilines is 1. The number of phenols is 1. The van der Waals surface area contributed by atoms with Crippen LogP contribution in [0, 0.1) is 0 Å². The minimum Gasteiger partial charge on any atom is -0.508 e. The van der Waals surface area contributed by atoms with Crippen molar-refractivity contribution in [1.29, 1.82) is 0 Å². The van der Waals surface area contributed by atoms with Gasteiger partial charge in [-0.25, -0.2) is 4.98 Å². The van der Waals surface area contributed by atoms with Gasteiger partial charge in [0.1, 0.15) is 11.6 Å². The zero-order chi connectivity index (χ0) is 13.7. The van der Waals surface area contributed by atoms with Crippen LogP contribution in [-0.4, -0.2) is 22.5 Å². The lowest BCUT2D eigenvalue weighted by Gasteiger charge is -2.06. The molecule has 1 amide bonds. The number of aromatic nitrogens is 1. The van der Waals surface area contributed by atoms with Gasteiger partial charge in [0, 0.05) is 12.7 Å². The normalized spacial score (nSPS) is 10.1. The number of aromatic hydroxyl groups is 1. The standard InChI is InChI=1S/C14H15N3O2/c15-13-12(2-1-8-16-13)14(19)17-9-7-10-3-5-11(18)6-4-10/h1-6,8,18H,7,9H2,(H2,15,16)(H,17,19). The Kier molecular flexibility index (Phi) is 3.97. The van der Waals surface area contributed by atoms with Gasteiger partial charge in [-0.15, -0.1) is 0 Å². The summed E-state index contributed by atoms with van der Waals surface area (Å²) in [5, 5.41) is 11.9. The fraction of sp³-hybridized carbons (Fsp3) is 0.143. The Bertz CT molecular complexity index is 567. The smallest absolute Gasteiger partial charge is 0.255 e. The molecule has 2 rings (SSSR count). The number of hydrogen-bond donors (Lipinski definition) is 3. The number of nitrogens with one attached hydrogen (secondary N) is 1. The van der Waals surface area contributed by atoms with Crippen molar-refractivity contribution < 1.29 is 9.90 Å². The lowest BCUT2D eigenvalue weighted by molar-refractivity contribution is 0.0954.